The number of aliphatic imine (C=N–C) groups is 3. The number of rotatable bonds is 3. The Morgan fingerprint density at radius 1 is 0.872 bits per heavy atom. The molecular formula is C28H27N9O2. The standard InChI is InChI=1S/C20H17N5.C8H10N4O2/c1-21-20-9-8-19(25-20)13-18-7-6-17(24-18)12-16-5-4-15(23-16)11-14-3-2-10-22-14;1-10-4-9-6-5(10)7(13)12(3)8(14)11(6)2/h2-13,23-24H,1H3;4H,1-3H3. The maximum Gasteiger partial charge on any atom is 0.332 e. The smallest absolute Gasteiger partial charge is 0.332 e. The van der Waals surface area contributed by atoms with Gasteiger partial charge in [-0.15, -0.1) is 0 Å². The molecule has 2 N–H and O–H groups in total. The van der Waals surface area contributed by atoms with Crippen molar-refractivity contribution in [3.8, 4) is 0 Å². The van der Waals surface area contributed by atoms with Gasteiger partial charge < -0.3 is 14.5 Å². The van der Waals surface area contributed by atoms with Crippen LogP contribution in [-0.4, -0.2) is 53.5 Å². The molecule has 2 aliphatic rings. The van der Waals surface area contributed by atoms with Crippen molar-refractivity contribution in [1.82, 2.24) is 28.7 Å². The van der Waals surface area contributed by atoms with Crippen molar-refractivity contribution in [2.24, 2.45) is 36.1 Å². The Morgan fingerprint density at radius 2 is 1.62 bits per heavy atom. The molecule has 6 rings (SSSR count). The highest BCUT2D eigenvalue weighted by Crippen LogP contribution is 2.12. The van der Waals surface area contributed by atoms with Crippen molar-refractivity contribution in [3.63, 3.8) is 0 Å². The van der Waals surface area contributed by atoms with Gasteiger partial charge in [0.2, 0.25) is 0 Å². The summed E-state index contributed by atoms with van der Waals surface area (Å²) in [6.07, 6.45) is 17.2. The largest absolute Gasteiger partial charge is 0.355 e. The van der Waals surface area contributed by atoms with Crippen LogP contribution in [-0.2, 0) is 21.1 Å². The molecule has 0 saturated heterocycles. The lowest BCUT2D eigenvalue weighted by atomic mass is 10.3. The van der Waals surface area contributed by atoms with Gasteiger partial charge in [0.15, 0.2) is 11.2 Å². The molecule has 0 unspecified atom stereocenters. The van der Waals surface area contributed by atoms with E-state index < -0.39 is 0 Å². The number of hydrogen-bond acceptors (Lipinski definition) is 5. The van der Waals surface area contributed by atoms with E-state index >= 15 is 0 Å². The third-order valence-corrected chi connectivity index (χ3v) is 6.15. The molecule has 6 heterocycles. The second-order valence-electron chi connectivity index (χ2n) is 8.92. The fourth-order valence-corrected chi connectivity index (χ4v) is 4.12. The number of amidine groups is 1. The number of aromatic nitrogens is 6. The molecule has 0 bridgehead atoms. The number of fused-ring (bicyclic) bond motifs is 1. The number of H-pyrrole nitrogens is 2. The molecule has 196 valence electrons. The predicted octanol–water partition coefficient (Wildman–Crippen LogP) is 0.943. The number of nitrogens with one attached hydrogen (secondary N) is 2. The van der Waals surface area contributed by atoms with E-state index in [4.69, 9.17) is 0 Å². The summed E-state index contributed by atoms with van der Waals surface area (Å²) < 4.78 is 4.04. The normalized spacial score (nSPS) is 17.2. The van der Waals surface area contributed by atoms with Crippen LogP contribution in [0.1, 0.15) is 11.4 Å². The van der Waals surface area contributed by atoms with E-state index in [1.807, 2.05) is 60.7 Å². The van der Waals surface area contributed by atoms with Gasteiger partial charge in [0, 0.05) is 56.5 Å². The predicted molar refractivity (Wildman–Crippen MR) is 156 cm³/mol. The summed E-state index contributed by atoms with van der Waals surface area (Å²) in [6.45, 7) is 0. The van der Waals surface area contributed by atoms with Crippen LogP contribution in [0.25, 0.3) is 29.4 Å². The van der Waals surface area contributed by atoms with Crippen LogP contribution in [0.5, 0.6) is 0 Å². The van der Waals surface area contributed by atoms with E-state index in [1.54, 1.807) is 31.9 Å². The minimum Gasteiger partial charge on any atom is -0.355 e. The number of aryl methyl sites for hydroxylation is 2. The van der Waals surface area contributed by atoms with E-state index in [2.05, 4.69) is 36.0 Å². The van der Waals surface area contributed by atoms with Crippen molar-refractivity contribution in [2.75, 3.05) is 7.05 Å². The topological polar surface area (TPSA) is 130 Å². The molecular weight excluding hydrogens is 494 g/mol. The lowest BCUT2D eigenvalue weighted by Gasteiger charge is -2.02. The Balaban J connectivity index is 0.000000186. The fourth-order valence-electron chi connectivity index (χ4n) is 4.12. The van der Waals surface area contributed by atoms with Gasteiger partial charge in [-0.2, -0.15) is 0 Å². The first kappa shape index (κ1) is 25.3. The molecule has 0 amide bonds. The lowest BCUT2D eigenvalue weighted by Crippen LogP contribution is -2.37. The SMILES string of the molecule is CN=C1C=CC(C=c2ccc(=Cc3ccc(C=C4C=CC=N4)[nH]3)[nH]2)=N1.Cn1c(=O)c2c(ncn2C)n(C)c1=O. The second-order valence-corrected chi connectivity index (χ2v) is 8.92. The van der Waals surface area contributed by atoms with E-state index in [0.29, 0.717) is 11.2 Å². The number of nitrogens with zero attached hydrogens (tertiary/aromatic N) is 7. The Bertz CT molecular complexity index is 1980. The molecule has 11 nitrogen and oxygen atoms in total. The Morgan fingerprint density at radius 3 is 2.31 bits per heavy atom. The van der Waals surface area contributed by atoms with Gasteiger partial charge in [-0.05, 0) is 66.8 Å². The monoisotopic (exact) mass is 521 g/mol. The molecule has 0 saturated carbocycles. The van der Waals surface area contributed by atoms with Gasteiger partial charge in [-0.25, -0.2) is 14.8 Å². The van der Waals surface area contributed by atoms with Crippen LogP contribution in [0.4, 0.5) is 0 Å². The average Bonchev–Trinajstić information content (AvgIpc) is 3.76. The van der Waals surface area contributed by atoms with Gasteiger partial charge in [0.1, 0.15) is 5.84 Å². The molecule has 4 aromatic heterocycles. The van der Waals surface area contributed by atoms with Gasteiger partial charge >= 0.3 is 5.69 Å². The summed E-state index contributed by atoms with van der Waals surface area (Å²) in [7, 11) is 6.51. The van der Waals surface area contributed by atoms with E-state index in [0.717, 1.165) is 43.9 Å². The zero-order valence-corrected chi connectivity index (χ0v) is 22.0. The minimum atomic E-state index is -0.360. The van der Waals surface area contributed by atoms with Gasteiger partial charge in [-0.1, -0.05) is 0 Å². The van der Waals surface area contributed by atoms with Crippen LogP contribution in [0.2, 0.25) is 0 Å². The Labute approximate surface area is 222 Å². The number of hydrogen-bond donors (Lipinski definition) is 2. The maximum atomic E-state index is 11.7. The highest BCUT2D eigenvalue weighted by Gasteiger charge is 2.11. The molecule has 39 heavy (non-hydrogen) atoms. The molecule has 2 aliphatic heterocycles. The zero-order chi connectivity index (χ0) is 27.5. The van der Waals surface area contributed by atoms with Gasteiger partial charge in [0.25, 0.3) is 5.56 Å². The number of allylic oxidation sites excluding steroid dienone is 3. The zero-order valence-electron chi connectivity index (χ0n) is 22.0. The van der Waals surface area contributed by atoms with E-state index in [1.165, 1.54) is 17.9 Å². The molecule has 0 aliphatic carbocycles. The van der Waals surface area contributed by atoms with Crippen molar-refractivity contribution >= 4 is 47.2 Å². The maximum absolute atomic E-state index is 11.7. The lowest BCUT2D eigenvalue weighted by molar-refractivity contribution is 0.705. The number of aromatic amines is 2. The summed E-state index contributed by atoms with van der Waals surface area (Å²) in [6, 6.07) is 8.17. The molecule has 0 aromatic carbocycles. The number of imidazole rings is 1. The third-order valence-electron chi connectivity index (χ3n) is 6.15. The summed E-state index contributed by atoms with van der Waals surface area (Å²) in [5, 5.41) is 2.03. The van der Waals surface area contributed by atoms with Crippen LogP contribution < -0.4 is 21.9 Å². The summed E-state index contributed by atoms with van der Waals surface area (Å²) in [5.41, 5.74) is 4.09. The first-order valence-corrected chi connectivity index (χ1v) is 12.1. The Hall–Kier alpha value is -5.32. The first-order chi connectivity index (χ1) is 18.8. The van der Waals surface area contributed by atoms with Gasteiger partial charge in [-0.3, -0.25) is 23.9 Å². The highest BCUT2D eigenvalue weighted by atomic mass is 16.2. The van der Waals surface area contributed by atoms with E-state index in [-0.39, 0.29) is 11.2 Å². The van der Waals surface area contributed by atoms with Crippen molar-refractivity contribution in [2.45, 2.75) is 0 Å². The fraction of sp³-hybridized carbons (Fsp3) is 0.143. The van der Waals surface area contributed by atoms with Crippen molar-refractivity contribution < 1.29 is 0 Å². The summed E-state index contributed by atoms with van der Waals surface area (Å²) in [5.74, 6) is 0.749. The van der Waals surface area contributed by atoms with Crippen LogP contribution in [0.3, 0.4) is 0 Å². The molecule has 0 spiro atoms. The Kier molecular flexibility index (Phi) is 6.87. The van der Waals surface area contributed by atoms with Crippen LogP contribution in [0.15, 0.2) is 85.2 Å². The van der Waals surface area contributed by atoms with Crippen LogP contribution in [0, 0.1) is 0 Å². The van der Waals surface area contributed by atoms with Crippen molar-refractivity contribution in [3.05, 3.63) is 104 Å². The van der Waals surface area contributed by atoms with E-state index in [9.17, 15) is 9.59 Å². The molecule has 4 aromatic rings. The summed E-state index contributed by atoms with van der Waals surface area (Å²) in [4.78, 5) is 46.6. The summed E-state index contributed by atoms with van der Waals surface area (Å²) >= 11 is 0. The highest BCUT2D eigenvalue weighted by molar-refractivity contribution is 6.27. The molecule has 0 radical (unpaired) electrons. The van der Waals surface area contributed by atoms with Crippen molar-refractivity contribution in [1.29, 1.82) is 0 Å². The van der Waals surface area contributed by atoms with Gasteiger partial charge in [0.05, 0.1) is 17.7 Å². The molecule has 0 atom stereocenters. The molecule has 11 heteroatoms. The average molecular weight is 522 g/mol. The second kappa shape index (κ2) is 10.6. The quantitative estimate of drug-likeness (QED) is 0.416. The third kappa shape index (κ3) is 5.37. The first-order valence-electron chi connectivity index (χ1n) is 12.1. The van der Waals surface area contributed by atoms with Crippen LogP contribution >= 0.6 is 0 Å². The molecule has 0 fully saturated rings. The minimum absolute atomic E-state index is 0.317.